The third-order valence-corrected chi connectivity index (χ3v) is 16.1. The Hall–Kier alpha value is -3.40. The molecule has 0 radical (unpaired) electrons. The van der Waals surface area contributed by atoms with Gasteiger partial charge in [-0.1, -0.05) is 0 Å². The van der Waals surface area contributed by atoms with Crippen LogP contribution in [-0.2, 0) is 80.8 Å². The molecule has 0 bridgehead atoms. The number of ether oxygens (including phenoxy) is 13. The Morgan fingerprint density at radius 3 is 1.03 bits per heavy atom. The standard InChI is InChI=1S/C50H84N4O36/c1-12(60)51-23-36(73)40(20(9-59)80-44(23)77)87-48-39(76)41(88-50-43(37(74)30(67)19(8-58)84-50)90-47-26(54-15(4)63)35(72)29(66)18(7-57)83-47)32(69)22(85-48)11-79-49-42(89-46-25(53-14(3)62)34(71)28(65)17(6-56)82-46)38(75)31(68)21(86-49)10-78-45-24(52-13(2)61)33(70)27(64)16(5-55)81-45/h16-50,55-59,64-77H,5-11H2,1-4H3,(H,51,60)(H,52,61)(H,53,62)(H,54,63)/t16-,17-,18-,19-,20-,21-,22-,23-,24-,25-,26-,27-,28-,29-,30-,31-,32-,33-,34-,35-,36-,37+,38+,39+,40-,41+,42+,43+,44-,45-,46+,47+,48+,49+,50-/m1/s1. The van der Waals surface area contributed by atoms with Crippen molar-refractivity contribution >= 4 is 23.6 Å². The van der Waals surface area contributed by atoms with Crippen molar-refractivity contribution in [3.63, 3.8) is 0 Å². The van der Waals surface area contributed by atoms with Gasteiger partial charge in [-0.15, -0.1) is 0 Å². The molecule has 7 heterocycles. The van der Waals surface area contributed by atoms with Crippen molar-refractivity contribution in [2.24, 2.45) is 0 Å². The van der Waals surface area contributed by atoms with E-state index in [2.05, 4.69) is 21.3 Å². The second kappa shape index (κ2) is 32.4. The van der Waals surface area contributed by atoms with Crippen LogP contribution in [0.5, 0.6) is 0 Å². The van der Waals surface area contributed by atoms with Crippen LogP contribution < -0.4 is 21.3 Å². The first-order valence-corrected chi connectivity index (χ1v) is 28.6. The van der Waals surface area contributed by atoms with Gasteiger partial charge >= 0.3 is 0 Å². The molecule has 0 aromatic carbocycles. The molecule has 0 aromatic heterocycles. The van der Waals surface area contributed by atoms with Gasteiger partial charge in [0, 0.05) is 27.7 Å². The fourth-order valence-electron chi connectivity index (χ4n) is 11.4. The van der Waals surface area contributed by atoms with Crippen LogP contribution in [0.25, 0.3) is 0 Å². The van der Waals surface area contributed by atoms with E-state index >= 15 is 0 Å². The minimum Gasteiger partial charge on any atom is -0.394 e. The average Bonchev–Trinajstić information content (AvgIpc) is 0.810. The summed E-state index contributed by atoms with van der Waals surface area (Å²) in [7, 11) is 0. The van der Waals surface area contributed by atoms with Crippen LogP contribution in [0, 0.1) is 0 Å². The van der Waals surface area contributed by atoms with Crippen molar-refractivity contribution in [2.45, 2.75) is 242 Å². The van der Waals surface area contributed by atoms with Crippen molar-refractivity contribution in [3.05, 3.63) is 0 Å². The lowest BCUT2D eigenvalue weighted by atomic mass is 9.94. The number of hydrogen-bond donors (Lipinski definition) is 23. The Balaban J connectivity index is 1.26. The Bertz CT molecular complexity index is 2310. The fraction of sp³-hybridized carbons (Fsp3) is 0.920. The molecule has 520 valence electrons. The first-order chi connectivity index (χ1) is 42.5. The molecule has 7 aliphatic heterocycles. The first kappa shape index (κ1) is 74.0. The van der Waals surface area contributed by atoms with Gasteiger partial charge in [-0.3, -0.25) is 19.2 Å². The summed E-state index contributed by atoms with van der Waals surface area (Å²) < 4.78 is 76.6. The molecule has 23 N–H and O–H groups in total. The van der Waals surface area contributed by atoms with Crippen molar-refractivity contribution < 1.29 is 178 Å². The molecule has 0 saturated carbocycles. The molecule has 35 atom stereocenters. The maximum Gasteiger partial charge on any atom is 0.217 e. The largest absolute Gasteiger partial charge is 0.394 e. The molecule has 0 aromatic rings. The molecule has 7 fully saturated rings. The van der Waals surface area contributed by atoms with E-state index in [0.29, 0.717) is 0 Å². The van der Waals surface area contributed by atoms with Gasteiger partial charge in [0.15, 0.2) is 44.0 Å². The van der Waals surface area contributed by atoms with E-state index in [1.54, 1.807) is 0 Å². The summed E-state index contributed by atoms with van der Waals surface area (Å²) >= 11 is 0. The maximum absolute atomic E-state index is 12.4. The summed E-state index contributed by atoms with van der Waals surface area (Å²) in [5, 5.41) is 218. The van der Waals surface area contributed by atoms with Gasteiger partial charge < -0.3 is 180 Å². The predicted octanol–water partition coefficient (Wildman–Crippen LogP) is -15.7. The van der Waals surface area contributed by atoms with E-state index in [4.69, 9.17) is 61.6 Å². The van der Waals surface area contributed by atoms with Crippen LogP contribution >= 0.6 is 0 Å². The minimum absolute atomic E-state index is 0.757. The summed E-state index contributed by atoms with van der Waals surface area (Å²) in [5.74, 6) is -3.23. The lowest BCUT2D eigenvalue weighted by Crippen LogP contribution is -2.69. The normalized spacial score (nSPS) is 47.6. The molecule has 0 aliphatic carbocycles. The highest BCUT2D eigenvalue weighted by atomic mass is 16.8. The zero-order valence-corrected chi connectivity index (χ0v) is 48.6. The molecule has 0 spiro atoms. The number of rotatable bonds is 23. The number of aliphatic hydroxyl groups is 19. The smallest absolute Gasteiger partial charge is 0.217 e. The van der Waals surface area contributed by atoms with Crippen LogP contribution in [-0.4, -0.2) is 382 Å². The summed E-state index contributed by atoms with van der Waals surface area (Å²) in [6.07, 6.45) is -61.9. The zero-order valence-electron chi connectivity index (χ0n) is 48.6. The van der Waals surface area contributed by atoms with Gasteiger partial charge in [0.25, 0.3) is 0 Å². The van der Waals surface area contributed by atoms with Crippen LogP contribution in [0.4, 0.5) is 0 Å². The van der Waals surface area contributed by atoms with E-state index in [0.717, 1.165) is 27.7 Å². The topological polar surface area (TPSA) is 621 Å². The third kappa shape index (κ3) is 16.6. The molecular weight excluding hydrogens is 1230 g/mol. The summed E-state index contributed by atoms with van der Waals surface area (Å²) in [6.45, 7) is -2.91. The molecule has 90 heavy (non-hydrogen) atoms. The van der Waals surface area contributed by atoms with Gasteiger partial charge in [0.05, 0.1) is 46.2 Å². The Morgan fingerprint density at radius 2 is 0.600 bits per heavy atom. The third-order valence-electron chi connectivity index (χ3n) is 16.1. The number of hydrogen-bond acceptors (Lipinski definition) is 36. The number of nitrogens with one attached hydrogen (secondary N) is 4. The zero-order chi connectivity index (χ0) is 66.5. The molecular formula is C50H84N4O36. The van der Waals surface area contributed by atoms with E-state index in [-0.39, 0.29) is 0 Å². The Kier molecular flexibility index (Phi) is 26.6. The van der Waals surface area contributed by atoms with Crippen LogP contribution in [0.15, 0.2) is 0 Å². The quantitative estimate of drug-likeness (QED) is 0.0452. The summed E-state index contributed by atoms with van der Waals surface area (Å²) in [4.78, 5) is 49.2. The van der Waals surface area contributed by atoms with Crippen molar-refractivity contribution in [1.29, 1.82) is 0 Å². The van der Waals surface area contributed by atoms with Crippen molar-refractivity contribution in [3.8, 4) is 0 Å². The van der Waals surface area contributed by atoms with Crippen LogP contribution in [0.3, 0.4) is 0 Å². The van der Waals surface area contributed by atoms with Crippen LogP contribution in [0.2, 0.25) is 0 Å². The van der Waals surface area contributed by atoms with Crippen LogP contribution in [0.1, 0.15) is 27.7 Å². The van der Waals surface area contributed by atoms with Gasteiger partial charge in [0.1, 0.15) is 171 Å². The maximum atomic E-state index is 12.4. The van der Waals surface area contributed by atoms with Gasteiger partial charge in [-0.05, 0) is 0 Å². The summed E-state index contributed by atoms with van der Waals surface area (Å²) in [6, 6.07) is -6.72. The fourth-order valence-corrected chi connectivity index (χ4v) is 11.4. The highest BCUT2D eigenvalue weighted by Crippen LogP contribution is 2.37. The van der Waals surface area contributed by atoms with E-state index in [9.17, 15) is 116 Å². The minimum atomic E-state index is -2.41. The molecule has 4 amide bonds. The van der Waals surface area contributed by atoms with E-state index in [1.807, 2.05) is 0 Å². The molecule has 40 nitrogen and oxygen atoms in total. The lowest BCUT2D eigenvalue weighted by molar-refractivity contribution is -0.394. The molecule has 0 unspecified atom stereocenters. The van der Waals surface area contributed by atoms with Gasteiger partial charge in [-0.2, -0.15) is 0 Å². The Labute approximate surface area is 510 Å². The van der Waals surface area contributed by atoms with Gasteiger partial charge in [0.2, 0.25) is 23.6 Å². The second-order valence-corrected chi connectivity index (χ2v) is 22.6. The highest BCUT2D eigenvalue weighted by Gasteiger charge is 2.58. The monoisotopic (exact) mass is 1320 g/mol. The molecule has 40 heteroatoms. The second-order valence-electron chi connectivity index (χ2n) is 22.6. The number of amides is 4. The van der Waals surface area contributed by atoms with Crippen molar-refractivity contribution in [1.82, 2.24) is 21.3 Å². The SMILES string of the molecule is CC(=O)N[C@@H]1[C@@H](O)[C@H](O[C@@H]2O[C@H](CO[C@H]3O[C@H](CO[C@@H]4O[C@H](CO)[C@@H](O)[C@H](O)[C@H]4NC(C)=O)[C@@H](O)[C@H](O)[C@@H]3O[C@@H]3O[C@H](CO)[C@@H](O)[C@H](O)[C@H]3NC(C)=O)[C@@H](O)[C@H](O[C@H]3O[C@H](CO)[C@@H](O)[C@H](O)[C@@H]3O[C@@H]3O[C@H](CO)[C@@H](O)[C@H](O)[C@H]3NC(C)=O)[C@@H]2O)[C@@H](CO)O[C@H]1O. The highest BCUT2D eigenvalue weighted by molar-refractivity contribution is 5.74. The number of carbonyl (C=O) groups excluding carboxylic acids is 4. The first-order valence-electron chi connectivity index (χ1n) is 28.6. The predicted molar refractivity (Wildman–Crippen MR) is 278 cm³/mol. The van der Waals surface area contributed by atoms with E-state index in [1.165, 1.54) is 0 Å². The average molecular weight is 1320 g/mol. The lowest BCUT2D eigenvalue weighted by Gasteiger charge is -2.50. The molecule has 7 rings (SSSR count). The number of carbonyl (C=O) groups is 4. The Morgan fingerprint density at radius 1 is 0.289 bits per heavy atom. The van der Waals surface area contributed by atoms with Crippen molar-refractivity contribution in [2.75, 3.05) is 46.2 Å². The van der Waals surface area contributed by atoms with E-state index < -0.39 is 285 Å². The number of aliphatic hydroxyl groups excluding tert-OH is 19. The molecule has 7 saturated heterocycles. The summed E-state index contributed by atoms with van der Waals surface area (Å²) in [5.41, 5.74) is 0. The molecule has 7 aliphatic rings. The van der Waals surface area contributed by atoms with Gasteiger partial charge in [-0.25, -0.2) is 0 Å².